The predicted molar refractivity (Wildman–Crippen MR) is 132 cm³/mol. The van der Waals surface area contributed by atoms with Crippen LogP contribution >= 0.6 is 11.6 Å². The summed E-state index contributed by atoms with van der Waals surface area (Å²) in [4.78, 5) is 19.8. The van der Waals surface area contributed by atoms with Crippen LogP contribution in [-0.2, 0) is 6.54 Å². The van der Waals surface area contributed by atoms with Crippen molar-refractivity contribution in [1.29, 1.82) is 0 Å². The molecule has 0 saturated carbocycles. The van der Waals surface area contributed by atoms with Gasteiger partial charge in [-0.15, -0.1) is 0 Å². The molecule has 1 aromatic heterocycles. The Hall–Kier alpha value is -1.39. The number of fused-ring (bicyclic) bond motifs is 1. The van der Waals surface area contributed by atoms with Crippen molar-refractivity contribution in [2.45, 2.75) is 110 Å². The van der Waals surface area contributed by atoms with E-state index in [1.54, 1.807) is 0 Å². The molecule has 0 N–H and O–H groups in total. The van der Waals surface area contributed by atoms with Crippen LogP contribution in [0.1, 0.15) is 85.5 Å². The summed E-state index contributed by atoms with van der Waals surface area (Å²) in [6, 6.07) is 9.51. The van der Waals surface area contributed by atoms with Crippen LogP contribution in [0.15, 0.2) is 29.1 Å². The molecular weight excluding hydrogens is 406 g/mol. The minimum absolute atomic E-state index is 0.0721. The van der Waals surface area contributed by atoms with Gasteiger partial charge in [0.2, 0.25) is 0 Å². The molecule has 0 bridgehead atoms. The van der Waals surface area contributed by atoms with Gasteiger partial charge in [-0.2, -0.15) is 0 Å². The molecule has 0 amide bonds. The Morgan fingerprint density at radius 3 is 2.58 bits per heavy atom. The van der Waals surface area contributed by atoms with Crippen molar-refractivity contribution in [2.75, 3.05) is 0 Å². The summed E-state index contributed by atoms with van der Waals surface area (Å²) in [5.41, 5.74) is 1.50. The third-order valence-electron chi connectivity index (χ3n) is 7.17. The quantitative estimate of drug-likeness (QED) is 0.409. The molecule has 0 aliphatic carbocycles. The van der Waals surface area contributed by atoms with Gasteiger partial charge in [-0.25, -0.2) is 4.98 Å². The maximum atomic E-state index is 12.8. The minimum Gasteiger partial charge on any atom is -0.304 e. The number of aryl methyl sites for hydroxylation is 1. The van der Waals surface area contributed by atoms with Crippen molar-refractivity contribution >= 4 is 22.6 Å². The Labute approximate surface area is 193 Å². The van der Waals surface area contributed by atoms with Gasteiger partial charge in [-0.05, 0) is 57.6 Å². The number of para-hydroxylation sites is 2. The Morgan fingerprint density at radius 1 is 1.16 bits per heavy atom. The van der Waals surface area contributed by atoms with Crippen LogP contribution in [0.4, 0.5) is 0 Å². The molecule has 1 aromatic carbocycles. The summed E-state index contributed by atoms with van der Waals surface area (Å²) < 4.78 is 1.84. The standard InChI is InChI=1S/C26H40ClN3O/c1-5-10-21(11-6-2)18-20(4)30-19(3)12-9-13-22(30)16-17-29-24-15-8-7-14-23(24)28-25(27)26(29)31/h7-8,14-15,19-22H,5-6,9-13,16-18H2,1-4H3/t19-,20+,22-/m1/s1. The topological polar surface area (TPSA) is 38.1 Å². The van der Waals surface area contributed by atoms with E-state index in [1.165, 1.54) is 51.4 Å². The van der Waals surface area contributed by atoms with Gasteiger partial charge in [0.25, 0.3) is 5.56 Å². The third-order valence-corrected chi connectivity index (χ3v) is 7.41. The summed E-state index contributed by atoms with van der Waals surface area (Å²) in [5, 5.41) is 0.0721. The molecule has 2 heterocycles. The second-order valence-corrected chi connectivity index (χ2v) is 9.90. The van der Waals surface area contributed by atoms with Gasteiger partial charge in [0.15, 0.2) is 5.15 Å². The van der Waals surface area contributed by atoms with Gasteiger partial charge in [-0.1, -0.05) is 69.7 Å². The molecule has 172 valence electrons. The van der Waals surface area contributed by atoms with E-state index in [0.717, 1.165) is 23.4 Å². The SMILES string of the molecule is CCCC(CCC)C[C@H](C)N1[C@@H](CCn2c(=O)c(Cl)nc3ccccc32)CCC[C@H]1C. The molecule has 1 saturated heterocycles. The summed E-state index contributed by atoms with van der Waals surface area (Å²) in [5.74, 6) is 0.824. The van der Waals surface area contributed by atoms with Crippen LogP contribution in [0.3, 0.4) is 0 Å². The molecular formula is C26H40ClN3O. The molecule has 0 spiro atoms. The fourth-order valence-electron chi connectivity index (χ4n) is 5.86. The molecule has 3 atom stereocenters. The Kier molecular flexibility index (Phi) is 8.97. The zero-order chi connectivity index (χ0) is 22.4. The van der Waals surface area contributed by atoms with Crippen LogP contribution < -0.4 is 5.56 Å². The fourth-order valence-corrected chi connectivity index (χ4v) is 6.05. The first-order valence-corrected chi connectivity index (χ1v) is 12.8. The molecule has 0 unspecified atom stereocenters. The lowest BCUT2D eigenvalue weighted by Gasteiger charge is -2.45. The van der Waals surface area contributed by atoms with Crippen LogP contribution in [0.5, 0.6) is 0 Å². The zero-order valence-corrected chi connectivity index (χ0v) is 20.6. The van der Waals surface area contributed by atoms with E-state index in [0.29, 0.717) is 24.7 Å². The van der Waals surface area contributed by atoms with E-state index in [2.05, 4.69) is 37.6 Å². The average molecular weight is 446 g/mol. The van der Waals surface area contributed by atoms with Gasteiger partial charge < -0.3 is 4.57 Å². The number of benzene rings is 1. The molecule has 4 nitrogen and oxygen atoms in total. The number of nitrogens with zero attached hydrogens (tertiary/aromatic N) is 3. The highest BCUT2D eigenvalue weighted by Gasteiger charge is 2.32. The van der Waals surface area contributed by atoms with Crippen LogP contribution in [0, 0.1) is 5.92 Å². The first kappa shape index (κ1) is 24.3. The van der Waals surface area contributed by atoms with E-state index in [1.807, 2.05) is 28.8 Å². The number of likely N-dealkylation sites (tertiary alicyclic amines) is 1. The maximum Gasteiger partial charge on any atom is 0.288 e. The lowest BCUT2D eigenvalue weighted by atomic mass is 9.87. The van der Waals surface area contributed by atoms with Gasteiger partial charge in [0, 0.05) is 24.7 Å². The molecule has 31 heavy (non-hydrogen) atoms. The molecule has 0 radical (unpaired) electrons. The highest BCUT2D eigenvalue weighted by atomic mass is 35.5. The maximum absolute atomic E-state index is 12.8. The molecule has 1 fully saturated rings. The molecule has 5 heteroatoms. The first-order valence-electron chi connectivity index (χ1n) is 12.4. The monoisotopic (exact) mass is 445 g/mol. The van der Waals surface area contributed by atoms with Crippen molar-refractivity contribution in [3.05, 3.63) is 39.8 Å². The van der Waals surface area contributed by atoms with Crippen LogP contribution in [0.2, 0.25) is 5.15 Å². The van der Waals surface area contributed by atoms with Crippen LogP contribution in [0.25, 0.3) is 11.0 Å². The number of hydrogen-bond donors (Lipinski definition) is 0. The number of rotatable bonds is 10. The number of hydrogen-bond acceptors (Lipinski definition) is 3. The van der Waals surface area contributed by atoms with E-state index < -0.39 is 0 Å². The van der Waals surface area contributed by atoms with E-state index in [-0.39, 0.29) is 10.7 Å². The number of piperidine rings is 1. The van der Waals surface area contributed by atoms with E-state index >= 15 is 0 Å². The zero-order valence-electron chi connectivity index (χ0n) is 19.8. The summed E-state index contributed by atoms with van der Waals surface area (Å²) in [6.45, 7) is 10.1. The second kappa shape index (κ2) is 11.5. The summed E-state index contributed by atoms with van der Waals surface area (Å²) >= 11 is 6.18. The molecule has 1 aliphatic heterocycles. The average Bonchev–Trinajstić information content (AvgIpc) is 2.74. The van der Waals surface area contributed by atoms with Crippen molar-refractivity contribution in [3.63, 3.8) is 0 Å². The highest BCUT2D eigenvalue weighted by molar-refractivity contribution is 6.29. The van der Waals surface area contributed by atoms with Crippen molar-refractivity contribution in [2.24, 2.45) is 5.92 Å². The summed E-state index contributed by atoms with van der Waals surface area (Å²) in [6.07, 6.45) is 11.2. The summed E-state index contributed by atoms with van der Waals surface area (Å²) in [7, 11) is 0. The van der Waals surface area contributed by atoms with Gasteiger partial charge in [0.05, 0.1) is 11.0 Å². The van der Waals surface area contributed by atoms with E-state index in [4.69, 9.17) is 11.6 Å². The minimum atomic E-state index is -0.172. The van der Waals surface area contributed by atoms with Gasteiger partial charge in [-0.3, -0.25) is 9.69 Å². The molecule has 2 aromatic rings. The fraction of sp³-hybridized carbons (Fsp3) is 0.692. The Balaban J connectivity index is 1.77. The third kappa shape index (κ3) is 5.90. The first-order chi connectivity index (χ1) is 15.0. The van der Waals surface area contributed by atoms with E-state index in [9.17, 15) is 4.79 Å². The molecule has 1 aliphatic rings. The Bertz CT molecular complexity index is 890. The van der Waals surface area contributed by atoms with Gasteiger partial charge >= 0.3 is 0 Å². The Morgan fingerprint density at radius 2 is 1.87 bits per heavy atom. The highest BCUT2D eigenvalue weighted by Crippen LogP contribution is 2.31. The largest absolute Gasteiger partial charge is 0.304 e. The predicted octanol–water partition coefficient (Wildman–Crippen LogP) is 6.68. The van der Waals surface area contributed by atoms with Crippen LogP contribution in [-0.4, -0.2) is 32.6 Å². The number of aromatic nitrogens is 2. The molecule has 3 rings (SSSR count). The lowest BCUT2D eigenvalue weighted by Crippen LogP contribution is -2.51. The lowest BCUT2D eigenvalue weighted by molar-refractivity contribution is 0.0349. The normalized spacial score (nSPS) is 21.1. The van der Waals surface area contributed by atoms with Crippen molar-refractivity contribution < 1.29 is 0 Å². The van der Waals surface area contributed by atoms with Crippen molar-refractivity contribution in [3.8, 4) is 0 Å². The van der Waals surface area contributed by atoms with Gasteiger partial charge in [0.1, 0.15) is 0 Å². The van der Waals surface area contributed by atoms with Crippen molar-refractivity contribution in [1.82, 2.24) is 14.5 Å². The second-order valence-electron chi connectivity index (χ2n) is 9.55. The number of halogens is 1. The smallest absolute Gasteiger partial charge is 0.288 e.